The zero-order valence-electron chi connectivity index (χ0n) is 9.24. The Morgan fingerprint density at radius 3 is 2.76 bits per heavy atom. The maximum atomic E-state index is 11.3. The van der Waals surface area contributed by atoms with Gasteiger partial charge in [-0.15, -0.1) is 0 Å². The lowest BCUT2D eigenvalue weighted by molar-refractivity contribution is -0.138. The first-order chi connectivity index (χ1) is 7.99. The van der Waals surface area contributed by atoms with E-state index < -0.39 is 18.0 Å². The average molecular weight is 257 g/mol. The number of carbonyl (C=O) groups excluding carboxylic acids is 1. The summed E-state index contributed by atoms with van der Waals surface area (Å²) in [5.41, 5.74) is 0.843. The van der Waals surface area contributed by atoms with Crippen molar-refractivity contribution in [2.45, 2.75) is 19.5 Å². The van der Waals surface area contributed by atoms with Gasteiger partial charge in [-0.05, 0) is 24.6 Å². The third kappa shape index (κ3) is 4.74. The summed E-state index contributed by atoms with van der Waals surface area (Å²) in [4.78, 5) is 21.8. The van der Waals surface area contributed by atoms with Gasteiger partial charge in [-0.1, -0.05) is 23.7 Å². The molecule has 0 saturated carbocycles. The Labute approximate surface area is 104 Å². The van der Waals surface area contributed by atoms with Crippen LogP contribution in [0.1, 0.15) is 12.5 Å². The standard InChI is InChI=1S/C11H13ClN2O3/c1-7(10(15)16)14-11(17)13-6-8-3-2-4-9(12)5-8/h2-5,7H,6H2,1H3,(H,15,16)(H2,13,14,17)/t7-/m0/s1. The molecule has 0 aromatic heterocycles. The van der Waals surface area contributed by atoms with Crippen LogP contribution in [0, 0.1) is 0 Å². The van der Waals surface area contributed by atoms with Gasteiger partial charge in [0, 0.05) is 11.6 Å². The Balaban J connectivity index is 2.41. The minimum Gasteiger partial charge on any atom is -0.480 e. The maximum Gasteiger partial charge on any atom is 0.325 e. The molecular formula is C11H13ClN2O3. The molecule has 1 aromatic carbocycles. The van der Waals surface area contributed by atoms with Gasteiger partial charge >= 0.3 is 12.0 Å². The number of aliphatic carboxylic acids is 1. The number of nitrogens with one attached hydrogen (secondary N) is 2. The molecule has 0 aliphatic heterocycles. The summed E-state index contributed by atoms with van der Waals surface area (Å²) < 4.78 is 0. The van der Waals surface area contributed by atoms with Gasteiger partial charge in [0.2, 0.25) is 0 Å². The lowest BCUT2D eigenvalue weighted by atomic mass is 10.2. The molecule has 17 heavy (non-hydrogen) atoms. The zero-order chi connectivity index (χ0) is 12.8. The Kier molecular flexibility index (Phi) is 4.78. The molecule has 0 bridgehead atoms. The Morgan fingerprint density at radius 1 is 1.47 bits per heavy atom. The van der Waals surface area contributed by atoms with E-state index in [4.69, 9.17) is 16.7 Å². The zero-order valence-corrected chi connectivity index (χ0v) is 9.99. The summed E-state index contributed by atoms with van der Waals surface area (Å²) in [5, 5.41) is 14.0. The van der Waals surface area contributed by atoms with E-state index in [-0.39, 0.29) is 0 Å². The number of benzene rings is 1. The van der Waals surface area contributed by atoms with Crippen molar-refractivity contribution < 1.29 is 14.7 Å². The molecule has 0 aliphatic carbocycles. The van der Waals surface area contributed by atoms with Gasteiger partial charge in [-0.2, -0.15) is 0 Å². The molecule has 0 heterocycles. The van der Waals surface area contributed by atoms with Crippen LogP contribution in [0.5, 0.6) is 0 Å². The lowest BCUT2D eigenvalue weighted by Gasteiger charge is -2.10. The molecule has 1 rings (SSSR count). The van der Waals surface area contributed by atoms with Crippen molar-refractivity contribution in [3.05, 3.63) is 34.9 Å². The van der Waals surface area contributed by atoms with Crippen molar-refractivity contribution in [1.82, 2.24) is 10.6 Å². The van der Waals surface area contributed by atoms with Gasteiger partial charge in [0.05, 0.1) is 0 Å². The van der Waals surface area contributed by atoms with Crippen LogP contribution >= 0.6 is 11.6 Å². The van der Waals surface area contributed by atoms with Crippen molar-refractivity contribution in [1.29, 1.82) is 0 Å². The molecule has 0 aliphatic rings. The van der Waals surface area contributed by atoms with Crippen LogP contribution in [0.25, 0.3) is 0 Å². The van der Waals surface area contributed by atoms with E-state index in [2.05, 4.69) is 10.6 Å². The van der Waals surface area contributed by atoms with Crippen molar-refractivity contribution in [2.75, 3.05) is 0 Å². The van der Waals surface area contributed by atoms with E-state index in [1.165, 1.54) is 6.92 Å². The topological polar surface area (TPSA) is 78.4 Å². The van der Waals surface area contributed by atoms with Gasteiger partial charge in [0.1, 0.15) is 6.04 Å². The first-order valence-electron chi connectivity index (χ1n) is 5.00. The second-order valence-corrected chi connectivity index (χ2v) is 3.95. The van der Waals surface area contributed by atoms with Gasteiger partial charge < -0.3 is 15.7 Å². The lowest BCUT2D eigenvalue weighted by Crippen LogP contribution is -2.44. The fourth-order valence-electron chi connectivity index (χ4n) is 1.14. The van der Waals surface area contributed by atoms with Gasteiger partial charge in [0.15, 0.2) is 0 Å². The highest BCUT2D eigenvalue weighted by Crippen LogP contribution is 2.10. The molecule has 3 N–H and O–H groups in total. The smallest absolute Gasteiger partial charge is 0.325 e. The number of carboxylic acid groups (broad SMARTS) is 1. The van der Waals surface area contributed by atoms with Crippen molar-refractivity contribution in [2.24, 2.45) is 0 Å². The molecule has 1 atom stereocenters. The first kappa shape index (κ1) is 13.3. The van der Waals surface area contributed by atoms with E-state index in [9.17, 15) is 9.59 Å². The molecule has 0 saturated heterocycles. The monoisotopic (exact) mass is 256 g/mol. The Bertz CT molecular complexity index is 423. The molecule has 2 amide bonds. The molecule has 6 heteroatoms. The Hall–Kier alpha value is -1.75. The predicted molar refractivity (Wildman–Crippen MR) is 63.9 cm³/mol. The van der Waals surface area contributed by atoms with Gasteiger partial charge in [0.25, 0.3) is 0 Å². The molecule has 0 spiro atoms. The Morgan fingerprint density at radius 2 is 2.18 bits per heavy atom. The molecule has 0 radical (unpaired) electrons. The number of hydrogen-bond donors (Lipinski definition) is 3. The summed E-state index contributed by atoms with van der Waals surface area (Å²) >= 11 is 5.78. The number of hydrogen-bond acceptors (Lipinski definition) is 2. The number of amides is 2. The van der Waals surface area contributed by atoms with Gasteiger partial charge in [-0.25, -0.2) is 4.79 Å². The highest BCUT2D eigenvalue weighted by atomic mass is 35.5. The minimum absolute atomic E-state index is 0.290. The van der Waals surface area contributed by atoms with Gasteiger partial charge in [-0.3, -0.25) is 4.79 Å². The number of carboxylic acids is 1. The van der Waals surface area contributed by atoms with Crippen molar-refractivity contribution in [3.63, 3.8) is 0 Å². The maximum absolute atomic E-state index is 11.3. The van der Waals surface area contributed by atoms with Crippen LogP contribution in [0.15, 0.2) is 24.3 Å². The van der Waals surface area contributed by atoms with Crippen LogP contribution in [0.2, 0.25) is 5.02 Å². The SMILES string of the molecule is C[C@H](NC(=O)NCc1cccc(Cl)c1)C(=O)O. The third-order valence-electron chi connectivity index (χ3n) is 2.06. The summed E-state index contributed by atoms with van der Waals surface area (Å²) in [6.45, 7) is 1.68. The summed E-state index contributed by atoms with van der Waals surface area (Å²) in [6, 6.07) is 5.60. The quantitative estimate of drug-likeness (QED) is 0.766. The summed E-state index contributed by atoms with van der Waals surface area (Å²) in [7, 11) is 0. The second-order valence-electron chi connectivity index (χ2n) is 3.52. The van der Waals surface area contributed by atoms with Crippen LogP contribution in [-0.2, 0) is 11.3 Å². The normalized spacial score (nSPS) is 11.6. The number of carbonyl (C=O) groups is 2. The second kappa shape index (κ2) is 6.10. The minimum atomic E-state index is -1.08. The van der Waals surface area contributed by atoms with E-state index in [0.29, 0.717) is 11.6 Å². The highest BCUT2D eigenvalue weighted by molar-refractivity contribution is 6.30. The first-order valence-corrected chi connectivity index (χ1v) is 5.38. The molecule has 92 valence electrons. The highest BCUT2D eigenvalue weighted by Gasteiger charge is 2.13. The largest absolute Gasteiger partial charge is 0.480 e. The van der Waals surface area contributed by atoms with E-state index in [1.807, 2.05) is 6.07 Å². The fourth-order valence-corrected chi connectivity index (χ4v) is 1.35. The van der Waals surface area contributed by atoms with Crippen LogP contribution in [0.3, 0.4) is 0 Å². The van der Waals surface area contributed by atoms with E-state index in [0.717, 1.165) is 5.56 Å². The number of rotatable bonds is 4. The van der Waals surface area contributed by atoms with Crippen molar-refractivity contribution in [3.8, 4) is 0 Å². The third-order valence-corrected chi connectivity index (χ3v) is 2.30. The molecular weight excluding hydrogens is 244 g/mol. The molecule has 0 unspecified atom stereocenters. The molecule has 0 fully saturated rings. The molecule has 1 aromatic rings. The molecule has 5 nitrogen and oxygen atoms in total. The van der Waals surface area contributed by atoms with Crippen LogP contribution in [-0.4, -0.2) is 23.1 Å². The number of urea groups is 1. The predicted octanol–water partition coefficient (Wildman–Crippen LogP) is 1.61. The summed E-state index contributed by atoms with van der Waals surface area (Å²) in [6.07, 6.45) is 0. The summed E-state index contributed by atoms with van der Waals surface area (Å²) in [5.74, 6) is -1.08. The number of halogens is 1. The van der Waals surface area contributed by atoms with Crippen LogP contribution < -0.4 is 10.6 Å². The van der Waals surface area contributed by atoms with Crippen LogP contribution in [0.4, 0.5) is 4.79 Å². The van der Waals surface area contributed by atoms with E-state index in [1.54, 1.807) is 18.2 Å². The fraction of sp³-hybridized carbons (Fsp3) is 0.273. The van der Waals surface area contributed by atoms with Crippen molar-refractivity contribution >= 4 is 23.6 Å². The van der Waals surface area contributed by atoms with E-state index >= 15 is 0 Å². The average Bonchev–Trinajstić information content (AvgIpc) is 2.26.